The summed E-state index contributed by atoms with van der Waals surface area (Å²) in [5.41, 5.74) is 4.76. The highest BCUT2D eigenvalue weighted by Crippen LogP contribution is 2.27. The van der Waals surface area contributed by atoms with Crippen LogP contribution in [-0.2, 0) is 28.9 Å². The van der Waals surface area contributed by atoms with Gasteiger partial charge in [-0.3, -0.25) is 9.59 Å². The molecule has 4 rings (SSSR count). The van der Waals surface area contributed by atoms with Crippen molar-refractivity contribution in [1.29, 1.82) is 0 Å². The standard InChI is InChI=1S/C22H21ClN2O3S/c1-13-17(23)9-10-18-20(13)25(12-19(26)28-2)22(29-18)24-21(27)16-8-7-14-5-3-4-6-15(14)11-16/h7-11H,3-6,12H2,1-2H3. The first-order valence-corrected chi connectivity index (χ1v) is 10.7. The smallest absolute Gasteiger partial charge is 0.325 e. The summed E-state index contributed by atoms with van der Waals surface area (Å²) in [5.74, 6) is -0.723. The normalized spacial score (nSPS) is 14.1. The average molecular weight is 429 g/mol. The Morgan fingerprint density at radius 3 is 2.69 bits per heavy atom. The fraction of sp³-hybridized carbons (Fsp3) is 0.318. The zero-order valence-electron chi connectivity index (χ0n) is 16.3. The van der Waals surface area contributed by atoms with Crippen molar-refractivity contribution in [3.63, 3.8) is 0 Å². The van der Waals surface area contributed by atoms with Gasteiger partial charge < -0.3 is 9.30 Å². The maximum Gasteiger partial charge on any atom is 0.325 e. The van der Waals surface area contributed by atoms with Gasteiger partial charge in [-0.05, 0) is 73.6 Å². The van der Waals surface area contributed by atoms with Crippen molar-refractivity contribution in [2.24, 2.45) is 4.99 Å². The maximum atomic E-state index is 12.9. The summed E-state index contributed by atoms with van der Waals surface area (Å²) in [5, 5.41) is 0.599. The molecule has 0 aliphatic heterocycles. The van der Waals surface area contributed by atoms with E-state index in [9.17, 15) is 9.59 Å². The Hall–Kier alpha value is -2.44. The number of carbonyl (C=O) groups is 2. The summed E-state index contributed by atoms with van der Waals surface area (Å²) < 4.78 is 7.46. The number of hydrogen-bond donors (Lipinski definition) is 0. The van der Waals surface area contributed by atoms with E-state index >= 15 is 0 Å². The summed E-state index contributed by atoms with van der Waals surface area (Å²) in [4.78, 5) is 29.7. The number of halogens is 1. The monoisotopic (exact) mass is 428 g/mol. The number of amides is 1. The van der Waals surface area contributed by atoms with E-state index in [0.717, 1.165) is 35.0 Å². The summed E-state index contributed by atoms with van der Waals surface area (Å²) in [6.07, 6.45) is 4.41. The summed E-state index contributed by atoms with van der Waals surface area (Å²) in [7, 11) is 1.34. The fourth-order valence-electron chi connectivity index (χ4n) is 3.76. The summed E-state index contributed by atoms with van der Waals surface area (Å²) in [6.45, 7) is 1.86. The van der Waals surface area contributed by atoms with Gasteiger partial charge in [0.1, 0.15) is 6.54 Å². The lowest BCUT2D eigenvalue weighted by Crippen LogP contribution is -2.22. The molecule has 0 saturated heterocycles. The molecule has 0 unspecified atom stereocenters. The molecule has 1 amide bonds. The molecule has 0 N–H and O–H groups in total. The van der Waals surface area contributed by atoms with Crippen molar-refractivity contribution in [2.45, 2.75) is 39.2 Å². The third-order valence-corrected chi connectivity index (χ3v) is 6.79. The van der Waals surface area contributed by atoms with Crippen LogP contribution in [0.25, 0.3) is 10.2 Å². The number of aromatic nitrogens is 1. The molecule has 0 spiro atoms. The van der Waals surface area contributed by atoms with E-state index in [0.29, 0.717) is 15.4 Å². The first-order valence-electron chi connectivity index (χ1n) is 9.54. The first kappa shape index (κ1) is 19.9. The molecule has 1 aliphatic carbocycles. The topological polar surface area (TPSA) is 60.7 Å². The first-order chi connectivity index (χ1) is 14.0. The van der Waals surface area contributed by atoms with Crippen molar-refractivity contribution < 1.29 is 14.3 Å². The molecule has 5 nitrogen and oxygen atoms in total. The maximum absolute atomic E-state index is 12.9. The molecular weight excluding hydrogens is 408 g/mol. The minimum Gasteiger partial charge on any atom is -0.468 e. The third-order valence-electron chi connectivity index (χ3n) is 5.34. The van der Waals surface area contributed by atoms with Crippen LogP contribution in [0.3, 0.4) is 0 Å². The number of thiazole rings is 1. The third kappa shape index (κ3) is 3.87. The summed E-state index contributed by atoms with van der Waals surface area (Å²) in [6, 6.07) is 9.53. The number of methoxy groups -OCH3 is 1. The fourth-order valence-corrected chi connectivity index (χ4v) is 5.00. The molecule has 0 atom stereocenters. The van der Waals surface area contributed by atoms with Crippen LogP contribution in [-0.4, -0.2) is 23.6 Å². The molecule has 0 saturated carbocycles. The van der Waals surface area contributed by atoms with Crippen LogP contribution in [0.5, 0.6) is 0 Å². The number of esters is 1. The molecule has 0 radical (unpaired) electrons. The van der Waals surface area contributed by atoms with E-state index < -0.39 is 5.97 Å². The van der Waals surface area contributed by atoms with Crippen molar-refractivity contribution in [3.05, 3.63) is 62.4 Å². The van der Waals surface area contributed by atoms with Crippen LogP contribution in [0.15, 0.2) is 35.3 Å². The van der Waals surface area contributed by atoms with Crippen LogP contribution in [0.2, 0.25) is 5.02 Å². The lowest BCUT2D eigenvalue weighted by Gasteiger charge is -2.15. The Kier molecular flexibility index (Phi) is 5.56. The van der Waals surface area contributed by atoms with E-state index in [2.05, 4.69) is 4.99 Å². The van der Waals surface area contributed by atoms with E-state index in [-0.39, 0.29) is 12.5 Å². The van der Waals surface area contributed by atoms with Gasteiger partial charge in [-0.2, -0.15) is 4.99 Å². The number of fused-ring (bicyclic) bond motifs is 2. The molecule has 1 aliphatic rings. The molecular formula is C22H21ClN2O3S. The molecule has 3 aromatic rings. The summed E-state index contributed by atoms with van der Waals surface area (Å²) >= 11 is 7.65. The van der Waals surface area contributed by atoms with Crippen molar-refractivity contribution in [3.8, 4) is 0 Å². The van der Waals surface area contributed by atoms with Crippen molar-refractivity contribution in [1.82, 2.24) is 4.57 Å². The Morgan fingerprint density at radius 1 is 1.17 bits per heavy atom. The van der Waals surface area contributed by atoms with Gasteiger partial charge in [-0.1, -0.05) is 29.0 Å². The number of rotatable bonds is 3. The van der Waals surface area contributed by atoms with Gasteiger partial charge in [-0.25, -0.2) is 0 Å². The zero-order valence-corrected chi connectivity index (χ0v) is 17.9. The predicted molar refractivity (Wildman–Crippen MR) is 115 cm³/mol. The molecule has 1 aromatic heterocycles. The van der Waals surface area contributed by atoms with Crippen LogP contribution >= 0.6 is 22.9 Å². The molecule has 0 bridgehead atoms. The second-order valence-electron chi connectivity index (χ2n) is 7.17. The van der Waals surface area contributed by atoms with Gasteiger partial charge in [0.15, 0.2) is 4.80 Å². The Balaban J connectivity index is 1.83. The van der Waals surface area contributed by atoms with Gasteiger partial charge in [-0.15, -0.1) is 0 Å². The van der Waals surface area contributed by atoms with Crippen LogP contribution < -0.4 is 4.80 Å². The molecule has 0 fully saturated rings. The van der Waals surface area contributed by atoms with Crippen LogP contribution in [0.1, 0.15) is 39.9 Å². The SMILES string of the molecule is COC(=O)Cn1c(=NC(=O)c2ccc3c(c2)CCCC3)sc2ccc(Cl)c(C)c21. The predicted octanol–water partition coefficient (Wildman–Crippen LogP) is 4.46. The number of nitrogens with zero attached hydrogens (tertiary/aromatic N) is 2. The van der Waals surface area contributed by atoms with E-state index in [1.807, 2.05) is 37.3 Å². The minimum atomic E-state index is -0.410. The molecule has 2 aromatic carbocycles. The number of ether oxygens (including phenoxy) is 1. The van der Waals surface area contributed by atoms with Gasteiger partial charge in [0.05, 0.1) is 17.3 Å². The highest BCUT2D eigenvalue weighted by Gasteiger charge is 2.16. The minimum absolute atomic E-state index is 0.0337. The van der Waals surface area contributed by atoms with Gasteiger partial charge in [0.25, 0.3) is 5.91 Å². The molecule has 29 heavy (non-hydrogen) atoms. The lowest BCUT2D eigenvalue weighted by atomic mass is 9.90. The Morgan fingerprint density at radius 2 is 1.93 bits per heavy atom. The number of aryl methyl sites for hydroxylation is 3. The zero-order chi connectivity index (χ0) is 20.5. The van der Waals surface area contributed by atoms with Gasteiger partial charge in [0.2, 0.25) is 0 Å². The number of carbonyl (C=O) groups excluding carboxylic acids is 2. The molecule has 7 heteroatoms. The van der Waals surface area contributed by atoms with Crippen molar-refractivity contribution in [2.75, 3.05) is 7.11 Å². The van der Waals surface area contributed by atoms with Gasteiger partial charge >= 0.3 is 5.97 Å². The second-order valence-corrected chi connectivity index (χ2v) is 8.59. The Bertz CT molecular complexity index is 1190. The lowest BCUT2D eigenvalue weighted by molar-refractivity contribution is -0.141. The Labute approximate surface area is 177 Å². The molecule has 150 valence electrons. The highest BCUT2D eigenvalue weighted by atomic mass is 35.5. The van der Waals surface area contributed by atoms with E-state index in [1.165, 1.54) is 36.0 Å². The van der Waals surface area contributed by atoms with E-state index in [1.54, 1.807) is 4.57 Å². The van der Waals surface area contributed by atoms with Crippen LogP contribution in [0, 0.1) is 6.92 Å². The van der Waals surface area contributed by atoms with Crippen LogP contribution in [0.4, 0.5) is 0 Å². The molecule has 1 heterocycles. The van der Waals surface area contributed by atoms with Crippen molar-refractivity contribution >= 4 is 45.0 Å². The highest BCUT2D eigenvalue weighted by molar-refractivity contribution is 7.16. The largest absolute Gasteiger partial charge is 0.468 e. The quantitative estimate of drug-likeness (QED) is 0.579. The average Bonchev–Trinajstić information content (AvgIpc) is 3.07. The van der Waals surface area contributed by atoms with E-state index in [4.69, 9.17) is 16.3 Å². The number of benzene rings is 2. The van der Waals surface area contributed by atoms with Gasteiger partial charge in [0, 0.05) is 10.6 Å². The number of hydrogen-bond acceptors (Lipinski definition) is 4. The second kappa shape index (κ2) is 8.13.